The molecular formula is C8H8Si. The Balaban J connectivity index is 2.79. The second-order valence-corrected chi connectivity index (χ2v) is 5.81. The minimum absolute atomic E-state index is 0.986. The third-order valence-corrected chi connectivity index (χ3v) is 4.62. The molecule has 0 unspecified atom stereocenters. The largest absolute Gasteiger partial charge is 0.223 e. The Morgan fingerprint density at radius 1 is 1.11 bits per heavy atom. The molecule has 0 aromatic heterocycles. The zero-order valence-electron chi connectivity index (χ0n) is 5.22. The first-order valence-corrected chi connectivity index (χ1v) is 5.35. The maximum atomic E-state index is 5.31. The van der Waals surface area contributed by atoms with Gasteiger partial charge in [0, 0.05) is 0 Å². The van der Waals surface area contributed by atoms with Crippen LogP contribution < -0.4 is 0 Å². The molecule has 44 valence electrons. The fourth-order valence-electron chi connectivity index (χ4n) is 0.930. The van der Waals surface area contributed by atoms with Gasteiger partial charge in [-0.1, -0.05) is 12.2 Å². The van der Waals surface area contributed by atoms with E-state index in [0.29, 0.717) is 0 Å². The van der Waals surface area contributed by atoms with E-state index in [4.69, 9.17) is 12.8 Å². The van der Waals surface area contributed by atoms with Crippen molar-refractivity contribution in [1.29, 1.82) is 0 Å². The van der Waals surface area contributed by atoms with Crippen molar-refractivity contribution in [1.82, 2.24) is 0 Å². The van der Waals surface area contributed by atoms with Crippen LogP contribution in [0.5, 0.6) is 0 Å². The molecule has 0 amide bonds. The van der Waals surface area contributed by atoms with Crippen LogP contribution in [0.3, 0.4) is 0 Å². The van der Waals surface area contributed by atoms with Crippen LogP contribution in [0.1, 0.15) is 0 Å². The summed E-state index contributed by atoms with van der Waals surface area (Å²) in [4.78, 5) is 0. The van der Waals surface area contributed by atoms with Crippen LogP contribution in [0.4, 0.5) is 0 Å². The summed E-state index contributed by atoms with van der Waals surface area (Å²) in [6, 6.07) is 1.97. The lowest BCUT2D eigenvalue weighted by molar-refractivity contribution is 1.66. The second-order valence-electron chi connectivity index (χ2n) is 2.25. The predicted molar refractivity (Wildman–Crippen MR) is 42.2 cm³/mol. The normalized spacial score (nSPS) is 20.7. The Morgan fingerprint density at radius 3 is 1.78 bits per heavy atom. The van der Waals surface area contributed by atoms with Gasteiger partial charge in [0.25, 0.3) is 0 Å². The van der Waals surface area contributed by atoms with Crippen molar-refractivity contribution in [3.8, 4) is 23.9 Å². The van der Waals surface area contributed by atoms with E-state index in [1.165, 1.54) is 0 Å². The molecule has 0 fully saturated rings. The van der Waals surface area contributed by atoms with Crippen molar-refractivity contribution >= 4 is 8.07 Å². The van der Waals surface area contributed by atoms with Crippen LogP contribution in [-0.2, 0) is 0 Å². The van der Waals surface area contributed by atoms with Crippen molar-refractivity contribution in [3.63, 3.8) is 0 Å². The van der Waals surface area contributed by atoms with Crippen molar-refractivity contribution in [2.75, 3.05) is 0 Å². The highest BCUT2D eigenvalue weighted by Gasteiger charge is 2.29. The van der Waals surface area contributed by atoms with E-state index in [-0.39, 0.29) is 0 Å². The molecule has 0 atom stereocenters. The molecular weight excluding hydrogens is 124 g/mol. The van der Waals surface area contributed by atoms with E-state index in [1.807, 2.05) is 0 Å². The highest BCUT2D eigenvalue weighted by atomic mass is 28.3. The molecule has 0 aromatic carbocycles. The number of terminal acetylenes is 2. The first-order valence-electron chi connectivity index (χ1n) is 2.93. The monoisotopic (exact) mass is 132 g/mol. The maximum Gasteiger partial charge on any atom is 0.223 e. The first kappa shape index (κ1) is 6.20. The molecule has 9 heavy (non-hydrogen) atoms. The van der Waals surface area contributed by atoms with Crippen LogP contribution in [0.15, 0.2) is 12.2 Å². The zero-order chi connectivity index (χ0) is 6.74. The smallest absolute Gasteiger partial charge is 0.126 e. The molecule has 1 heterocycles. The van der Waals surface area contributed by atoms with Crippen molar-refractivity contribution < 1.29 is 0 Å². The van der Waals surface area contributed by atoms with Gasteiger partial charge >= 0.3 is 0 Å². The molecule has 0 spiro atoms. The summed E-state index contributed by atoms with van der Waals surface area (Å²) < 4.78 is 0. The van der Waals surface area contributed by atoms with Crippen molar-refractivity contribution in [2.24, 2.45) is 0 Å². The van der Waals surface area contributed by atoms with Gasteiger partial charge < -0.3 is 0 Å². The molecule has 0 radical (unpaired) electrons. The van der Waals surface area contributed by atoms with Crippen LogP contribution in [0.2, 0.25) is 12.1 Å². The number of hydrogen-bond donors (Lipinski definition) is 0. The van der Waals surface area contributed by atoms with Gasteiger partial charge in [-0.2, -0.15) is 0 Å². The lowest BCUT2D eigenvalue weighted by atomic mass is 10.6. The van der Waals surface area contributed by atoms with Gasteiger partial charge in [0.1, 0.15) is 0 Å². The van der Waals surface area contributed by atoms with E-state index >= 15 is 0 Å². The summed E-state index contributed by atoms with van der Waals surface area (Å²) in [5.74, 6) is 0. The average Bonchev–Trinajstić information content (AvgIpc) is 2.36. The topological polar surface area (TPSA) is 0 Å². The Labute approximate surface area is 57.0 Å². The molecule has 1 aliphatic rings. The van der Waals surface area contributed by atoms with Crippen LogP contribution >= 0.6 is 0 Å². The van der Waals surface area contributed by atoms with E-state index in [1.54, 1.807) is 0 Å². The first-order chi connectivity index (χ1) is 4.33. The predicted octanol–water partition coefficient (Wildman–Crippen LogP) is 1.35. The van der Waals surface area contributed by atoms with Gasteiger partial charge in [-0.3, -0.25) is 0 Å². The average molecular weight is 132 g/mol. The zero-order valence-corrected chi connectivity index (χ0v) is 6.22. The molecule has 0 aliphatic carbocycles. The van der Waals surface area contributed by atoms with Gasteiger partial charge in [0.15, 0.2) is 0 Å². The Hall–Kier alpha value is -0.923. The number of hydrogen-bond acceptors (Lipinski definition) is 0. The highest BCUT2D eigenvalue weighted by molar-refractivity contribution is 6.95. The van der Waals surface area contributed by atoms with E-state index < -0.39 is 8.07 Å². The summed E-state index contributed by atoms with van der Waals surface area (Å²) in [6.07, 6.45) is 14.8. The summed E-state index contributed by atoms with van der Waals surface area (Å²) in [6.45, 7) is 0. The summed E-state index contributed by atoms with van der Waals surface area (Å²) in [5.41, 5.74) is 5.53. The van der Waals surface area contributed by atoms with E-state index in [0.717, 1.165) is 12.1 Å². The Morgan fingerprint density at radius 2 is 1.56 bits per heavy atom. The van der Waals surface area contributed by atoms with Crippen molar-refractivity contribution in [3.05, 3.63) is 12.2 Å². The lowest BCUT2D eigenvalue weighted by Gasteiger charge is -2.08. The van der Waals surface area contributed by atoms with Crippen LogP contribution in [-0.4, -0.2) is 8.07 Å². The molecule has 0 saturated carbocycles. The molecule has 1 aliphatic heterocycles. The molecule has 0 aromatic rings. The van der Waals surface area contributed by atoms with Gasteiger partial charge in [-0.25, -0.2) is 0 Å². The van der Waals surface area contributed by atoms with Gasteiger partial charge in [-0.15, -0.1) is 23.9 Å². The standard InChI is InChI=1S/C8H8Si/c1-3-9(4-2)7-5-6-8-9/h1-2,5-6H,7-8H2. The summed E-state index contributed by atoms with van der Waals surface area (Å²) in [7, 11) is -1.64. The number of rotatable bonds is 0. The fourth-order valence-corrected chi connectivity index (χ4v) is 2.79. The molecule has 0 N–H and O–H groups in total. The molecule has 0 bridgehead atoms. The Bertz CT molecular complexity index is 188. The molecule has 1 heteroatoms. The summed E-state index contributed by atoms with van der Waals surface area (Å²) in [5, 5.41) is 0. The number of allylic oxidation sites excluding steroid dienone is 2. The third kappa shape index (κ3) is 0.920. The summed E-state index contributed by atoms with van der Waals surface area (Å²) >= 11 is 0. The molecule has 1 rings (SSSR count). The van der Waals surface area contributed by atoms with Gasteiger partial charge in [0.2, 0.25) is 8.07 Å². The maximum absolute atomic E-state index is 5.31. The van der Waals surface area contributed by atoms with Gasteiger partial charge in [0.05, 0.1) is 0 Å². The van der Waals surface area contributed by atoms with Crippen molar-refractivity contribution in [2.45, 2.75) is 12.1 Å². The third-order valence-electron chi connectivity index (χ3n) is 1.65. The van der Waals surface area contributed by atoms with E-state index in [9.17, 15) is 0 Å². The van der Waals surface area contributed by atoms with E-state index in [2.05, 4.69) is 23.2 Å². The second kappa shape index (κ2) is 2.13. The van der Waals surface area contributed by atoms with Crippen LogP contribution in [0.25, 0.3) is 0 Å². The minimum atomic E-state index is -1.64. The Kier molecular flexibility index (Phi) is 1.47. The fraction of sp³-hybridized carbons (Fsp3) is 0.250. The SMILES string of the molecule is C#C[Si]1(C#C)CC=CC1. The molecule has 0 saturated heterocycles. The van der Waals surface area contributed by atoms with Crippen LogP contribution in [0, 0.1) is 23.9 Å². The lowest BCUT2D eigenvalue weighted by Crippen LogP contribution is -2.26. The van der Waals surface area contributed by atoms with Gasteiger partial charge in [-0.05, 0) is 12.1 Å². The quantitative estimate of drug-likeness (QED) is 0.265. The highest BCUT2D eigenvalue weighted by Crippen LogP contribution is 2.21. The minimum Gasteiger partial charge on any atom is -0.126 e. The molecule has 0 nitrogen and oxygen atoms in total.